The molecule has 2 saturated heterocycles. The number of phenolic OH excluding ortho intramolecular Hbond substituents is 1. The highest BCUT2D eigenvalue weighted by Crippen LogP contribution is 2.63. The van der Waals surface area contributed by atoms with Crippen molar-refractivity contribution >= 4 is 29.3 Å². The Morgan fingerprint density at radius 3 is 2.45 bits per heavy atom. The Labute approximate surface area is 272 Å². The fraction of sp³-hybridized carbons (Fsp3) is 0.316. The van der Waals surface area contributed by atoms with Crippen molar-refractivity contribution in [1.29, 1.82) is 0 Å². The summed E-state index contributed by atoms with van der Waals surface area (Å²) in [6, 6.07) is 21.9. The van der Waals surface area contributed by atoms with Gasteiger partial charge in [0.25, 0.3) is 11.8 Å². The summed E-state index contributed by atoms with van der Waals surface area (Å²) in [4.78, 5) is 58.5. The molecular formula is C38H35N3O6. The first-order valence-electron chi connectivity index (χ1n) is 16.2. The molecule has 9 nitrogen and oxygen atoms in total. The van der Waals surface area contributed by atoms with Crippen LogP contribution in [0.4, 0.5) is 5.69 Å². The molecule has 0 radical (unpaired) electrons. The summed E-state index contributed by atoms with van der Waals surface area (Å²) >= 11 is 0. The Hall–Kier alpha value is -5.18. The van der Waals surface area contributed by atoms with E-state index in [0.29, 0.717) is 36.4 Å². The number of carbonyl (C=O) groups excluding carboxylic acids is 4. The van der Waals surface area contributed by atoms with Gasteiger partial charge in [0, 0.05) is 24.4 Å². The summed E-state index contributed by atoms with van der Waals surface area (Å²) in [5.74, 6) is -3.43. The molecule has 3 aliphatic heterocycles. The van der Waals surface area contributed by atoms with Gasteiger partial charge in [0.1, 0.15) is 11.5 Å². The third-order valence-electron chi connectivity index (χ3n) is 10.9. The smallest absolute Gasteiger partial charge is 0.260 e. The fourth-order valence-electron chi connectivity index (χ4n) is 8.94. The second-order valence-corrected chi connectivity index (χ2v) is 13.3. The van der Waals surface area contributed by atoms with Crippen LogP contribution in [0.15, 0.2) is 96.3 Å². The zero-order chi connectivity index (χ0) is 32.6. The van der Waals surface area contributed by atoms with Crippen molar-refractivity contribution in [2.24, 2.45) is 29.6 Å². The lowest BCUT2D eigenvalue weighted by Crippen LogP contribution is -2.55. The lowest BCUT2D eigenvalue weighted by atomic mass is 9.48. The fourth-order valence-corrected chi connectivity index (χ4v) is 8.94. The van der Waals surface area contributed by atoms with Crippen molar-refractivity contribution in [2.75, 3.05) is 12.0 Å². The molecule has 5 aliphatic rings. The first-order valence-corrected chi connectivity index (χ1v) is 16.2. The molecule has 9 heteroatoms. The van der Waals surface area contributed by atoms with E-state index in [2.05, 4.69) is 5.43 Å². The number of benzene rings is 3. The van der Waals surface area contributed by atoms with Gasteiger partial charge in [-0.1, -0.05) is 59.7 Å². The molecule has 2 aliphatic carbocycles. The molecule has 4 amide bonds. The Kier molecular flexibility index (Phi) is 6.65. The largest absolute Gasteiger partial charge is 0.508 e. The predicted molar refractivity (Wildman–Crippen MR) is 172 cm³/mol. The van der Waals surface area contributed by atoms with E-state index in [9.17, 15) is 19.5 Å². The summed E-state index contributed by atoms with van der Waals surface area (Å²) in [5, 5.41) is 11.5. The highest BCUT2D eigenvalue weighted by molar-refractivity contribution is 6.13. The number of likely N-dealkylation sites (tertiary alicyclic amines) is 1. The van der Waals surface area contributed by atoms with Gasteiger partial charge in [-0.3, -0.25) is 29.5 Å². The maximum absolute atomic E-state index is 15.2. The number of aryl methyl sites for hydroxylation is 1. The summed E-state index contributed by atoms with van der Waals surface area (Å²) in [6.45, 7) is 4.06. The molecule has 0 aromatic heterocycles. The van der Waals surface area contributed by atoms with Gasteiger partial charge in [-0.25, -0.2) is 0 Å². The van der Waals surface area contributed by atoms with E-state index >= 15 is 4.79 Å². The van der Waals surface area contributed by atoms with Crippen molar-refractivity contribution in [2.45, 2.75) is 38.5 Å². The molecule has 3 aromatic carbocycles. The molecule has 8 rings (SSSR count). The van der Waals surface area contributed by atoms with Crippen LogP contribution in [0.3, 0.4) is 0 Å². The Bertz CT molecular complexity index is 1900. The number of ether oxygens (including phenoxy) is 1. The van der Waals surface area contributed by atoms with Crippen LogP contribution >= 0.6 is 0 Å². The Morgan fingerprint density at radius 1 is 0.936 bits per heavy atom. The van der Waals surface area contributed by atoms with E-state index < -0.39 is 35.0 Å². The molecule has 3 heterocycles. The molecule has 1 saturated carbocycles. The molecule has 6 atom stereocenters. The number of nitrogens with one attached hydrogen (secondary N) is 1. The number of hydrazine groups is 1. The second kappa shape index (κ2) is 10.7. The molecule has 0 bridgehead atoms. The minimum Gasteiger partial charge on any atom is -0.508 e. The molecule has 0 spiro atoms. The van der Waals surface area contributed by atoms with E-state index in [1.165, 1.54) is 4.90 Å². The quantitative estimate of drug-likeness (QED) is 0.300. The van der Waals surface area contributed by atoms with Crippen LogP contribution in [-0.4, -0.2) is 45.2 Å². The zero-order valence-electron chi connectivity index (χ0n) is 26.2. The maximum Gasteiger partial charge on any atom is 0.260 e. The minimum absolute atomic E-state index is 0.0980. The molecule has 2 N–H and O–H groups in total. The number of hydrogen-bond acceptors (Lipinski definition) is 7. The monoisotopic (exact) mass is 629 g/mol. The predicted octanol–water partition coefficient (Wildman–Crippen LogP) is 5.06. The first-order chi connectivity index (χ1) is 22.7. The summed E-state index contributed by atoms with van der Waals surface area (Å²) in [5.41, 5.74) is 6.54. The van der Waals surface area contributed by atoms with Gasteiger partial charge in [-0.05, 0) is 74.1 Å². The highest BCUT2D eigenvalue weighted by atomic mass is 16.5. The number of rotatable bonds is 5. The van der Waals surface area contributed by atoms with Gasteiger partial charge in [0.2, 0.25) is 11.8 Å². The van der Waals surface area contributed by atoms with Crippen molar-refractivity contribution in [3.8, 4) is 11.5 Å². The lowest BCUT2D eigenvalue weighted by molar-refractivity contribution is -0.141. The number of fused-ring (bicyclic) bond motifs is 5. The van der Waals surface area contributed by atoms with E-state index in [0.717, 1.165) is 27.3 Å². The zero-order valence-corrected chi connectivity index (χ0v) is 26.2. The number of allylic oxidation sites excluding steroid dienone is 3. The Morgan fingerprint density at radius 2 is 1.70 bits per heavy atom. The SMILES string of the molecule is CCN1C(=O)C2CC=C3C(CC4C(=O)N(Nc5ccc(C)cc5)C(=O)C4(c4ccccc4)C3C3=COc4ccc(O)cc4C3)C2C1=O. The average Bonchev–Trinajstić information content (AvgIpc) is 3.46. The number of imide groups is 2. The number of anilines is 1. The van der Waals surface area contributed by atoms with E-state index in [-0.39, 0.29) is 35.8 Å². The third kappa shape index (κ3) is 4.15. The normalized spacial score (nSPS) is 29.4. The van der Waals surface area contributed by atoms with Gasteiger partial charge in [-0.15, -0.1) is 0 Å². The number of amides is 4. The lowest BCUT2D eigenvalue weighted by Gasteiger charge is -2.51. The highest BCUT2D eigenvalue weighted by Gasteiger charge is 2.70. The molecule has 6 unspecified atom stereocenters. The summed E-state index contributed by atoms with van der Waals surface area (Å²) in [7, 11) is 0. The van der Waals surface area contributed by atoms with Crippen LogP contribution in [0.25, 0.3) is 0 Å². The minimum atomic E-state index is -1.36. The Balaban J connectivity index is 1.33. The second-order valence-electron chi connectivity index (χ2n) is 13.3. The van der Waals surface area contributed by atoms with Crippen molar-refractivity contribution < 1.29 is 29.0 Å². The van der Waals surface area contributed by atoms with Crippen LogP contribution in [0.2, 0.25) is 0 Å². The van der Waals surface area contributed by atoms with Gasteiger partial charge in [0.05, 0.1) is 35.1 Å². The molecule has 3 aromatic rings. The van der Waals surface area contributed by atoms with Crippen LogP contribution in [-0.2, 0) is 31.0 Å². The maximum atomic E-state index is 15.2. The summed E-state index contributed by atoms with van der Waals surface area (Å²) in [6.07, 6.45) is 4.72. The van der Waals surface area contributed by atoms with E-state index in [1.54, 1.807) is 31.4 Å². The van der Waals surface area contributed by atoms with Crippen LogP contribution in [0, 0.1) is 36.5 Å². The van der Waals surface area contributed by atoms with E-state index in [1.807, 2.05) is 67.6 Å². The van der Waals surface area contributed by atoms with Crippen molar-refractivity contribution in [1.82, 2.24) is 9.91 Å². The number of nitrogens with zero attached hydrogens (tertiary/aromatic N) is 2. The first kappa shape index (κ1) is 29.2. The van der Waals surface area contributed by atoms with Gasteiger partial charge < -0.3 is 9.84 Å². The van der Waals surface area contributed by atoms with Crippen LogP contribution in [0.5, 0.6) is 11.5 Å². The number of hydrogen-bond donors (Lipinski definition) is 2. The third-order valence-corrected chi connectivity index (χ3v) is 10.9. The number of phenols is 1. The van der Waals surface area contributed by atoms with Crippen molar-refractivity contribution in [3.63, 3.8) is 0 Å². The molecular weight excluding hydrogens is 594 g/mol. The van der Waals surface area contributed by atoms with Gasteiger partial charge in [0.15, 0.2) is 0 Å². The van der Waals surface area contributed by atoms with Crippen molar-refractivity contribution in [3.05, 3.63) is 113 Å². The molecule has 3 fully saturated rings. The van der Waals surface area contributed by atoms with Gasteiger partial charge in [-0.2, -0.15) is 5.01 Å². The van der Waals surface area contributed by atoms with Crippen LogP contribution in [0.1, 0.15) is 36.5 Å². The number of carbonyl (C=O) groups is 4. The van der Waals surface area contributed by atoms with Crippen LogP contribution < -0.4 is 10.2 Å². The number of aromatic hydroxyl groups is 1. The summed E-state index contributed by atoms with van der Waals surface area (Å²) < 4.78 is 6.15. The average molecular weight is 630 g/mol. The van der Waals surface area contributed by atoms with Gasteiger partial charge >= 0.3 is 0 Å². The molecule has 238 valence electrons. The van der Waals surface area contributed by atoms with E-state index in [4.69, 9.17) is 4.74 Å². The standard InChI is InChI=1S/C38H35N3O6/c1-3-40-34(43)28-15-14-27-29(32(28)36(40)45)19-30-35(44)41(39-25-11-9-21(2)10-12-25)37(46)38(30,24-7-5-4-6-8-24)33(27)23-17-22-18-26(42)13-16-31(22)47-20-23/h4-14,16,18,20,28-30,32-33,39,42H,3,15,17,19H2,1-2H3. The molecule has 47 heavy (non-hydrogen) atoms. The topological polar surface area (TPSA) is 116 Å².